The summed E-state index contributed by atoms with van der Waals surface area (Å²) in [5, 5.41) is 14.5. The third kappa shape index (κ3) is 3.19. The summed E-state index contributed by atoms with van der Waals surface area (Å²) in [7, 11) is 0. The predicted molar refractivity (Wildman–Crippen MR) is 80.6 cm³/mol. The lowest BCUT2D eigenvalue weighted by atomic mass is 10.1. The van der Waals surface area contributed by atoms with Crippen LogP contribution >= 0.6 is 15.9 Å². The van der Waals surface area contributed by atoms with Gasteiger partial charge in [-0.3, -0.25) is 15.0 Å². The zero-order chi connectivity index (χ0) is 14.1. The third-order valence-electron chi connectivity index (χ3n) is 4.10. The summed E-state index contributed by atoms with van der Waals surface area (Å²) in [6.07, 6.45) is 3.81. The van der Waals surface area contributed by atoms with E-state index in [0.717, 1.165) is 35.6 Å². The van der Waals surface area contributed by atoms with Crippen LogP contribution in [-0.2, 0) is 6.54 Å². The molecule has 2 fully saturated rings. The fourth-order valence-corrected chi connectivity index (χ4v) is 3.26. The Balaban J connectivity index is 1.60. The van der Waals surface area contributed by atoms with Gasteiger partial charge in [-0.2, -0.15) is 0 Å². The summed E-state index contributed by atoms with van der Waals surface area (Å²) in [5.41, 5.74) is 0.937. The van der Waals surface area contributed by atoms with Crippen LogP contribution in [0.15, 0.2) is 22.7 Å². The molecule has 5 nitrogen and oxygen atoms in total. The monoisotopic (exact) mass is 339 g/mol. The highest BCUT2D eigenvalue weighted by molar-refractivity contribution is 9.10. The summed E-state index contributed by atoms with van der Waals surface area (Å²) in [5.74, 6) is 0. The summed E-state index contributed by atoms with van der Waals surface area (Å²) >= 11 is 3.38. The third-order valence-corrected chi connectivity index (χ3v) is 4.60. The average molecular weight is 340 g/mol. The summed E-state index contributed by atoms with van der Waals surface area (Å²) < 4.78 is 0.880. The van der Waals surface area contributed by atoms with Crippen LogP contribution in [-0.4, -0.2) is 35.0 Å². The van der Waals surface area contributed by atoms with Gasteiger partial charge in [0.25, 0.3) is 5.69 Å². The van der Waals surface area contributed by atoms with Crippen molar-refractivity contribution in [2.24, 2.45) is 0 Å². The second-order valence-corrected chi connectivity index (χ2v) is 6.54. The van der Waals surface area contributed by atoms with Crippen molar-refractivity contribution in [1.29, 1.82) is 0 Å². The van der Waals surface area contributed by atoms with E-state index in [2.05, 4.69) is 26.1 Å². The minimum atomic E-state index is -0.311. The molecule has 0 radical (unpaired) electrons. The van der Waals surface area contributed by atoms with Gasteiger partial charge in [-0.15, -0.1) is 0 Å². The Bertz CT molecular complexity index is 519. The maximum Gasteiger partial charge on any atom is 0.273 e. The van der Waals surface area contributed by atoms with Crippen LogP contribution in [0.2, 0.25) is 0 Å². The van der Waals surface area contributed by atoms with Crippen LogP contribution < -0.4 is 5.32 Å². The molecule has 20 heavy (non-hydrogen) atoms. The maximum absolute atomic E-state index is 11.0. The first kappa shape index (κ1) is 14.0. The molecule has 1 aliphatic heterocycles. The Morgan fingerprint density at radius 3 is 2.90 bits per heavy atom. The molecule has 1 heterocycles. The lowest BCUT2D eigenvalue weighted by molar-refractivity contribution is -0.385. The zero-order valence-corrected chi connectivity index (χ0v) is 12.8. The van der Waals surface area contributed by atoms with E-state index < -0.39 is 0 Å². The molecule has 3 rings (SSSR count). The molecule has 2 aliphatic rings. The highest BCUT2D eigenvalue weighted by Gasteiger charge is 2.34. The molecule has 1 aromatic carbocycles. The SMILES string of the molecule is O=[N+]([O-])c1ccc(Br)cc1CNC1CCN(C2CC2)C1. The number of benzene rings is 1. The minimum Gasteiger partial charge on any atom is -0.308 e. The Kier molecular flexibility index (Phi) is 4.05. The minimum absolute atomic E-state index is 0.192. The van der Waals surface area contributed by atoms with Crippen LogP contribution in [0, 0.1) is 10.1 Å². The van der Waals surface area contributed by atoms with Crippen molar-refractivity contribution >= 4 is 21.6 Å². The van der Waals surface area contributed by atoms with Crippen LogP contribution in [0.4, 0.5) is 5.69 Å². The number of nitrogens with one attached hydrogen (secondary N) is 1. The molecule has 0 bridgehead atoms. The number of nitrogens with zero attached hydrogens (tertiary/aromatic N) is 2. The van der Waals surface area contributed by atoms with E-state index in [1.165, 1.54) is 12.8 Å². The lowest BCUT2D eigenvalue weighted by Gasteiger charge is -2.15. The molecule has 0 amide bonds. The number of hydrogen-bond acceptors (Lipinski definition) is 4. The van der Waals surface area contributed by atoms with Crippen molar-refractivity contribution in [3.05, 3.63) is 38.3 Å². The number of likely N-dealkylation sites (tertiary alicyclic amines) is 1. The van der Waals surface area contributed by atoms with Crippen LogP contribution in [0.25, 0.3) is 0 Å². The van der Waals surface area contributed by atoms with Crippen LogP contribution in [0.1, 0.15) is 24.8 Å². The molecular weight excluding hydrogens is 322 g/mol. The van der Waals surface area contributed by atoms with Gasteiger partial charge in [0, 0.05) is 47.8 Å². The molecule has 1 saturated heterocycles. The van der Waals surface area contributed by atoms with Gasteiger partial charge in [0.2, 0.25) is 0 Å². The molecule has 1 aliphatic carbocycles. The van der Waals surface area contributed by atoms with Gasteiger partial charge in [0.1, 0.15) is 0 Å². The average Bonchev–Trinajstić information content (AvgIpc) is 3.15. The zero-order valence-electron chi connectivity index (χ0n) is 11.2. The standard InChI is InChI=1S/C14H18BrN3O2/c15-11-1-4-14(18(19)20)10(7-11)8-16-12-5-6-17(9-12)13-2-3-13/h1,4,7,12-13,16H,2-3,5-6,8-9H2. The van der Waals surface area contributed by atoms with Gasteiger partial charge in [0.05, 0.1) is 4.92 Å². The van der Waals surface area contributed by atoms with Gasteiger partial charge in [-0.05, 0) is 31.4 Å². The lowest BCUT2D eigenvalue weighted by Crippen LogP contribution is -2.33. The van der Waals surface area contributed by atoms with E-state index in [4.69, 9.17) is 0 Å². The Labute approximate surface area is 126 Å². The number of halogens is 1. The molecule has 6 heteroatoms. The largest absolute Gasteiger partial charge is 0.308 e. The first-order chi connectivity index (χ1) is 9.63. The van der Waals surface area contributed by atoms with Gasteiger partial charge in [-0.25, -0.2) is 0 Å². The molecule has 0 aromatic heterocycles. The Morgan fingerprint density at radius 1 is 1.40 bits per heavy atom. The summed E-state index contributed by atoms with van der Waals surface area (Å²) in [6.45, 7) is 2.79. The molecule has 108 valence electrons. The normalized spacial score (nSPS) is 23.1. The molecule has 1 atom stereocenters. The molecule has 1 N–H and O–H groups in total. The fourth-order valence-electron chi connectivity index (χ4n) is 2.85. The van der Waals surface area contributed by atoms with Crippen molar-refractivity contribution in [3.63, 3.8) is 0 Å². The van der Waals surface area contributed by atoms with E-state index in [1.54, 1.807) is 12.1 Å². The highest BCUT2D eigenvalue weighted by atomic mass is 79.9. The molecule has 0 spiro atoms. The van der Waals surface area contributed by atoms with Crippen molar-refractivity contribution in [2.45, 2.75) is 37.9 Å². The van der Waals surface area contributed by atoms with E-state index in [9.17, 15) is 10.1 Å². The van der Waals surface area contributed by atoms with Gasteiger partial charge >= 0.3 is 0 Å². The molecular formula is C14H18BrN3O2. The van der Waals surface area contributed by atoms with Crippen molar-refractivity contribution in [2.75, 3.05) is 13.1 Å². The first-order valence-corrected chi connectivity index (χ1v) is 7.83. The van der Waals surface area contributed by atoms with Crippen molar-refractivity contribution in [1.82, 2.24) is 10.2 Å². The quantitative estimate of drug-likeness (QED) is 0.661. The van der Waals surface area contributed by atoms with Crippen molar-refractivity contribution < 1.29 is 4.92 Å². The maximum atomic E-state index is 11.0. The number of rotatable bonds is 5. The Morgan fingerprint density at radius 2 is 2.20 bits per heavy atom. The van der Waals surface area contributed by atoms with Gasteiger partial charge < -0.3 is 5.32 Å². The van der Waals surface area contributed by atoms with Gasteiger partial charge in [0.15, 0.2) is 0 Å². The summed E-state index contributed by atoms with van der Waals surface area (Å²) in [6, 6.07) is 6.37. The Hall–Kier alpha value is -0.980. The van der Waals surface area contributed by atoms with Crippen molar-refractivity contribution in [3.8, 4) is 0 Å². The molecule has 1 aromatic rings. The van der Waals surface area contributed by atoms with Crippen LogP contribution in [0.3, 0.4) is 0 Å². The number of nitro benzene ring substituents is 1. The number of hydrogen-bond donors (Lipinski definition) is 1. The first-order valence-electron chi connectivity index (χ1n) is 7.04. The second-order valence-electron chi connectivity index (χ2n) is 5.62. The smallest absolute Gasteiger partial charge is 0.273 e. The fraction of sp³-hybridized carbons (Fsp3) is 0.571. The molecule has 1 unspecified atom stereocenters. The summed E-state index contributed by atoms with van der Waals surface area (Å²) in [4.78, 5) is 13.3. The topological polar surface area (TPSA) is 58.4 Å². The van der Waals surface area contributed by atoms with E-state index in [1.807, 2.05) is 6.07 Å². The van der Waals surface area contributed by atoms with Gasteiger partial charge in [-0.1, -0.05) is 15.9 Å². The van der Waals surface area contributed by atoms with E-state index >= 15 is 0 Å². The molecule has 1 saturated carbocycles. The van der Waals surface area contributed by atoms with E-state index in [0.29, 0.717) is 12.6 Å². The second kappa shape index (κ2) is 5.79. The van der Waals surface area contributed by atoms with Crippen LogP contribution in [0.5, 0.6) is 0 Å². The highest BCUT2D eigenvalue weighted by Crippen LogP contribution is 2.30. The predicted octanol–water partition coefficient (Wildman–Crippen LogP) is 2.68. The van der Waals surface area contributed by atoms with E-state index in [-0.39, 0.29) is 10.6 Å². The number of nitro groups is 1.